The van der Waals surface area contributed by atoms with E-state index >= 15 is 0 Å². The predicted octanol–water partition coefficient (Wildman–Crippen LogP) is 4.48. The Morgan fingerprint density at radius 1 is 1.23 bits per heavy atom. The number of amides is 1. The van der Waals surface area contributed by atoms with Crippen molar-refractivity contribution in [2.24, 2.45) is 5.16 Å². The molecular formula is C19H13ClF4N4O3. The molecule has 7 nitrogen and oxygen atoms in total. The normalized spacial score (nSPS) is 11.6. The van der Waals surface area contributed by atoms with E-state index in [1.807, 2.05) is 0 Å². The highest BCUT2D eigenvalue weighted by Gasteiger charge is 2.38. The average molecular weight is 457 g/mol. The number of carbonyl (C=O) groups is 1. The molecule has 1 aromatic heterocycles. The summed E-state index contributed by atoms with van der Waals surface area (Å²) >= 11 is 5.86. The van der Waals surface area contributed by atoms with E-state index < -0.39 is 23.8 Å². The molecule has 3 aromatic rings. The van der Waals surface area contributed by atoms with Crippen molar-refractivity contribution in [3.05, 3.63) is 70.3 Å². The second kappa shape index (κ2) is 9.56. The molecule has 0 atom stereocenters. The molecule has 2 aromatic carbocycles. The summed E-state index contributed by atoms with van der Waals surface area (Å²) < 4.78 is 54.7. The summed E-state index contributed by atoms with van der Waals surface area (Å²) in [6, 6.07) is 9.46. The van der Waals surface area contributed by atoms with Crippen molar-refractivity contribution in [2.75, 3.05) is 6.54 Å². The van der Waals surface area contributed by atoms with Crippen LogP contribution in [0.5, 0.6) is 0 Å². The molecule has 0 aliphatic carbocycles. The van der Waals surface area contributed by atoms with E-state index in [0.717, 1.165) is 6.07 Å². The highest BCUT2D eigenvalue weighted by atomic mass is 35.5. The third kappa shape index (κ3) is 6.01. The standard InChI is InChI=1S/C19H13ClF4N4O3/c20-15-9-14(21)6-5-13(15)10-30-26-8-7-25-17(29)12-3-1-11(2-4-12)16-27-18(31-28-16)19(22,23)24/h1-6,8-9H,7,10H2,(H,25,29)/b26-8-. The van der Waals surface area contributed by atoms with E-state index in [4.69, 9.17) is 16.4 Å². The maximum Gasteiger partial charge on any atom is 0.471 e. The van der Waals surface area contributed by atoms with Gasteiger partial charge in [-0.1, -0.05) is 40.1 Å². The summed E-state index contributed by atoms with van der Waals surface area (Å²) in [5, 5.41) is 9.70. The van der Waals surface area contributed by atoms with E-state index in [2.05, 4.69) is 25.1 Å². The fourth-order valence-corrected chi connectivity index (χ4v) is 2.52. The summed E-state index contributed by atoms with van der Waals surface area (Å²) in [4.78, 5) is 20.4. The summed E-state index contributed by atoms with van der Waals surface area (Å²) in [6.07, 6.45) is -3.43. The number of hydrogen-bond acceptors (Lipinski definition) is 6. The third-order valence-electron chi connectivity index (χ3n) is 3.81. The Labute approximate surface area is 177 Å². The third-order valence-corrected chi connectivity index (χ3v) is 4.16. The fraction of sp³-hybridized carbons (Fsp3) is 0.158. The van der Waals surface area contributed by atoms with Crippen LogP contribution in [0.15, 0.2) is 52.1 Å². The number of aromatic nitrogens is 2. The minimum atomic E-state index is -4.73. The van der Waals surface area contributed by atoms with Crippen molar-refractivity contribution in [2.45, 2.75) is 12.8 Å². The van der Waals surface area contributed by atoms with Crippen molar-refractivity contribution in [3.8, 4) is 11.4 Å². The van der Waals surface area contributed by atoms with Crippen LogP contribution in [0.4, 0.5) is 17.6 Å². The van der Waals surface area contributed by atoms with Gasteiger partial charge in [0.25, 0.3) is 5.91 Å². The van der Waals surface area contributed by atoms with Crippen LogP contribution in [0, 0.1) is 5.82 Å². The van der Waals surface area contributed by atoms with E-state index in [1.54, 1.807) is 0 Å². The van der Waals surface area contributed by atoms with Crippen LogP contribution < -0.4 is 5.32 Å². The Bertz CT molecular complexity index is 1080. The van der Waals surface area contributed by atoms with Gasteiger partial charge in [-0.15, -0.1) is 0 Å². The minimum absolute atomic E-state index is 0.0250. The molecule has 0 saturated heterocycles. The van der Waals surface area contributed by atoms with Crippen molar-refractivity contribution in [3.63, 3.8) is 0 Å². The van der Waals surface area contributed by atoms with Gasteiger partial charge in [-0.2, -0.15) is 18.2 Å². The van der Waals surface area contributed by atoms with Crippen LogP contribution in [0.1, 0.15) is 21.8 Å². The van der Waals surface area contributed by atoms with Gasteiger partial charge >= 0.3 is 12.1 Å². The van der Waals surface area contributed by atoms with E-state index in [-0.39, 0.29) is 35.1 Å². The summed E-state index contributed by atoms with van der Waals surface area (Å²) in [5.74, 6) is -2.60. The molecule has 3 rings (SSSR count). The lowest BCUT2D eigenvalue weighted by atomic mass is 10.1. The number of alkyl halides is 3. The van der Waals surface area contributed by atoms with Gasteiger partial charge in [0.1, 0.15) is 12.4 Å². The molecule has 162 valence electrons. The average Bonchev–Trinajstić information content (AvgIpc) is 3.23. The first kappa shape index (κ1) is 22.2. The van der Waals surface area contributed by atoms with Crippen LogP contribution in [0.2, 0.25) is 5.02 Å². The van der Waals surface area contributed by atoms with Crippen molar-refractivity contribution in [1.82, 2.24) is 15.5 Å². The first-order valence-electron chi connectivity index (χ1n) is 8.61. The lowest BCUT2D eigenvalue weighted by molar-refractivity contribution is -0.159. The molecule has 0 aliphatic rings. The van der Waals surface area contributed by atoms with Crippen LogP contribution in [-0.2, 0) is 17.6 Å². The lowest BCUT2D eigenvalue weighted by Crippen LogP contribution is -2.25. The van der Waals surface area contributed by atoms with Crippen LogP contribution in [0.3, 0.4) is 0 Å². The van der Waals surface area contributed by atoms with Gasteiger partial charge in [-0.3, -0.25) is 4.79 Å². The first-order valence-corrected chi connectivity index (χ1v) is 8.99. The molecule has 0 unspecified atom stereocenters. The zero-order valence-electron chi connectivity index (χ0n) is 15.5. The molecular weight excluding hydrogens is 444 g/mol. The molecule has 1 N–H and O–H groups in total. The van der Waals surface area contributed by atoms with Gasteiger partial charge in [0.2, 0.25) is 5.82 Å². The smallest absolute Gasteiger partial charge is 0.391 e. The Balaban J connectivity index is 1.47. The number of nitrogens with zero attached hydrogens (tertiary/aromatic N) is 3. The van der Waals surface area contributed by atoms with E-state index in [0.29, 0.717) is 5.56 Å². The summed E-state index contributed by atoms with van der Waals surface area (Å²) in [7, 11) is 0. The molecule has 1 heterocycles. The second-order valence-corrected chi connectivity index (χ2v) is 6.41. The maximum atomic E-state index is 13.0. The number of carbonyl (C=O) groups excluding carboxylic acids is 1. The minimum Gasteiger partial charge on any atom is -0.391 e. The largest absolute Gasteiger partial charge is 0.471 e. The van der Waals surface area contributed by atoms with Gasteiger partial charge in [0.05, 0.1) is 17.8 Å². The number of nitrogens with one attached hydrogen (secondary N) is 1. The Morgan fingerprint density at radius 3 is 2.61 bits per heavy atom. The summed E-state index contributed by atoms with van der Waals surface area (Å²) in [6.45, 7) is 0.0781. The van der Waals surface area contributed by atoms with Crippen molar-refractivity contribution < 1.29 is 31.7 Å². The SMILES string of the molecule is O=C(NC/C=N\OCc1ccc(F)cc1Cl)c1ccc(-c2noc(C(F)(F)F)n2)cc1. The lowest BCUT2D eigenvalue weighted by Gasteiger charge is -2.04. The van der Waals surface area contributed by atoms with E-state index in [1.165, 1.54) is 42.6 Å². The molecule has 31 heavy (non-hydrogen) atoms. The van der Waals surface area contributed by atoms with Gasteiger partial charge < -0.3 is 14.7 Å². The van der Waals surface area contributed by atoms with Crippen molar-refractivity contribution >= 4 is 23.7 Å². The zero-order valence-corrected chi connectivity index (χ0v) is 16.2. The van der Waals surface area contributed by atoms with Gasteiger partial charge in [-0.25, -0.2) is 4.39 Å². The number of hydrogen-bond donors (Lipinski definition) is 1. The molecule has 0 saturated carbocycles. The molecule has 0 aliphatic heterocycles. The zero-order chi connectivity index (χ0) is 22.4. The number of benzene rings is 2. The first-order chi connectivity index (χ1) is 14.7. The molecule has 12 heteroatoms. The molecule has 0 bridgehead atoms. The van der Waals surface area contributed by atoms with Crippen LogP contribution in [0.25, 0.3) is 11.4 Å². The van der Waals surface area contributed by atoms with Gasteiger partial charge in [-0.05, 0) is 24.3 Å². The molecule has 1 amide bonds. The van der Waals surface area contributed by atoms with Crippen LogP contribution >= 0.6 is 11.6 Å². The quantitative estimate of drug-likeness (QED) is 0.321. The number of rotatable bonds is 7. The predicted molar refractivity (Wildman–Crippen MR) is 102 cm³/mol. The highest BCUT2D eigenvalue weighted by Crippen LogP contribution is 2.29. The van der Waals surface area contributed by atoms with Crippen LogP contribution in [-0.4, -0.2) is 28.8 Å². The highest BCUT2D eigenvalue weighted by molar-refractivity contribution is 6.31. The van der Waals surface area contributed by atoms with Gasteiger partial charge in [0.15, 0.2) is 0 Å². The van der Waals surface area contributed by atoms with Crippen molar-refractivity contribution in [1.29, 1.82) is 0 Å². The molecule has 0 fully saturated rings. The maximum absolute atomic E-state index is 13.0. The summed E-state index contributed by atoms with van der Waals surface area (Å²) in [5.41, 5.74) is 1.06. The second-order valence-electron chi connectivity index (χ2n) is 6.01. The molecule has 0 radical (unpaired) electrons. The Morgan fingerprint density at radius 2 is 1.97 bits per heavy atom. The van der Waals surface area contributed by atoms with E-state index in [9.17, 15) is 22.4 Å². The monoisotopic (exact) mass is 456 g/mol. The molecule has 0 spiro atoms. The Kier molecular flexibility index (Phi) is 6.85. The number of oxime groups is 1. The van der Waals surface area contributed by atoms with Gasteiger partial charge in [0, 0.05) is 16.7 Å². The topological polar surface area (TPSA) is 89.6 Å². The fourth-order valence-electron chi connectivity index (χ4n) is 2.30. The Hall–Kier alpha value is -3.47. The number of halogens is 5.